The van der Waals surface area contributed by atoms with E-state index in [-0.39, 0.29) is 0 Å². The van der Waals surface area contributed by atoms with E-state index in [1.807, 2.05) is 32.9 Å². The molecule has 0 aliphatic carbocycles. The minimum Gasteiger partial charge on any atom is -0.356 e. The van der Waals surface area contributed by atoms with E-state index in [0.29, 0.717) is 0 Å². The standard InChI is InChI=1S/C8H9NO.C2H6/c1-3-5-8-7(4-2)6-9-10-8;1-2/h3-6H,2H2,1H3;1-2H3/b5-3-;. The zero-order valence-electron chi connectivity index (χ0n) is 7.87. The van der Waals surface area contributed by atoms with Gasteiger partial charge in [-0.1, -0.05) is 37.7 Å². The third-order valence-corrected chi connectivity index (χ3v) is 1.17. The SMILES string of the molecule is C=Cc1cnoc1/C=C\C.CC. The topological polar surface area (TPSA) is 26.0 Å². The van der Waals surface area contributed by atoms with Crippen molar-refractivity contribution in [1.29, 1.82) is 0 Å². The molecule has 2 nitrogen and oxygen atoms in total. The van der Waals surface area contributed by atoms with Crippen LogP contribution in [0.1, 0.15) is 32.1 Å². The first-order chi connectivity index (χ1) is 5.88. The van der Waals surface area contributed by atoms with Crippen LogP contribution in [0.3, 0.4) is 0 Å². The summed E-state index contributed by atoms with van der Waals surface area (Å²) in [6.07, 6.45) is 7.10. The summed E-state index contributed by atoms with van der Waals surface area (Å²) in [7, 11) is 0. The molecule has 0 fully saturated rings. The molecule has 1 aromatic rings. The highest BCUT2D eigenvalue weighted by atomic mass is 16.5. The molecule has 1 heterocycles. The van der Waals surface area contributed by atoms with Gasteiger partial charge in [0.25, 0.3) is 0 Å². The fourth-order valence-corrected chi connectivity index (χ4v) is 0.688. The summed E-state index contributed by atoms with van der Waals surface area (Å²) >= 11 is 0. The quantitative estimate of drug-likeness (QED) is 0.671. The van der Waals surface area contributed by atoms with Crippen molar-refractivity contribution in [3.8, 4) is 0 Å². The van der Waals surface area contributed by atoms with Crippen LogP contribution >= 0.6 is 0 Å². The predicted molar refractivity (Wildman–Crippen MR) is 52.7 cm³/mol. The molecule has 0 aromatic carbocycles. The predicted octanol–water partition coefficient (Wildman–Crippen LogP) is 3.38. The molecule has 0 unspecified atom stereocenters. The molecule has 0 saturated carbocycles. The Labute approximate surface area is 73.6 Å². The lowest BCUT2D eigenvalue weighted by molar-refractivity contribution is 0.412. The Hall–Kier alpha value is -1.31. The molecule has 2 heteroatoms. The summed E-state index contributed by atoms with van der Waals surface area (Å²) in [5.74, 6) is 0.762. The highest BCUT2D eigenvalue weighted by Gasteiger charge is 1.97. The van der Waals surface area contributed by atoms with Crippen LogP contribution in [-0.4, -0.2) is 5.16 Å². The molecule has 0 atom stereocenters. The molecule has 0 aliphatic rings. The monoisotopic (exact) mass is 165 g/mol. The second-order valence-electron chi connectivity index (χ2n) is 1.85. The van der Waals surface area contributed by atoms with Crippen LogP contribution in [0.4, 0.5) is 0 Å². The fourth-order valence-electron chi connectivity index (χ4n) is 0.688. The average Bonchev–Trinajstić information content (AvgIpc) is 2.56. The minimum atomic E-state index is 0.762. The number of allylic oxidation sites excluding steroid dienone is 1. The smallest absolute Gasteiger partial charge is 0.166 e. The maximum Gasteiger partial charge on any atom is 0.166 e. The Morgan fingerprint density at radius 2 is 2.17 bits per heavy atom. The lowest BCUT2D eigenvalue weighted by Crippen LogP contribution is -1.67. The molecule has 0 radical (unpaired) electrons. The lowest BCUT2D eigenvalue weighted by Gasteiger charge is -1.82. The van der Waals surface area contributed by atoms with Gasteiger partial charge in [-0.15, -0.1) is 0 Å². The molecule has 1 rings (SSSR count). The van der Waals surface area contributed by atoms with E-state index in [2.05, 4.69) is 11.7 Å². The van der Waals surface area contributed by atoms with Gasteiger partial charge in [0.05, 0.1) is 6.20 Å². The summed E-state index contributed by atoms with van der Waals surface area (Å²) in [5.41, 5.74) is 0.929. The molecule has 0 saturated heterocycles. The third-order valence-electron chi connectivity index (χ3n) is 1.17. The molecule has 66 valence electrons. The van der Waals surface area contributed by atoms with Crippen LogP contribution in [0.15, 0.2) is 23.4 Å². The van der Waals surface area contributed by atoms with Crippen LogP contribution in [-0.2, 0) is 0 Å². The molecular weight excluding hydrogens is 150 g/mol. The largest absolute Gasteiger partial charge is 0.356 e. The number of nitrogens with zero attached hydrogens (tertiary/aromatic N) is 1. The van der Waals surface area contributed by atoms with Gasteiger partial charge in [-0.25, -0.2) is 0 Å². The van der Waals surface area contributed by atoms with E-state index in [4.69, 9.17) is 4.52 Å². The Kier molecular flexibility index (Phi) is 5.70. The summed E-state index contributed by atoms with van der Waals surface area (Å²) in [6.45, 7) is 9.54. The first kappa shape index (κ1) is 10.7. The first-order valence-corrected chi connectivity index (χ1v) is 4.08. The maximum atomic E-state index is 4.89. The maximum absolute atomic E-state index is 4.89. The minimum absolute atomic E-state index is 0.762. The van der Waals surface area contributed by atoms with Crippen molar-refractivity contribution in [3.63, 3.8) is 0 Å². The Balaban J connectivity index is 0.000000561. The van der Waals surface area contributed by atoms with Gasteiger partial charge in [-0.3, -0.25) is 0 Å². The van der Waals surface area contributed by atoms with Gasteiger partial charge in [-0.2, -0.15) is 0 Å². The van der Waals surface area contributed by atoms with Crippen molar-refractivity contribution in [3.05, 3.63) is 30.2 Å². The van der Waals surface area contributed by atoms with Gasteiger partial charge >= 0.3 is 0 Å². The van der Waals surface area contributed by atoms with Crippen LogP contribution in [0.2, 0.25) is 0 Å². The van der Waals surface area contributed by atoms with Crippen molar-refractivity contribution < 1.29 is 4.52 Å². The van der Waals surface area contributed by atoms with Crippen LogP contribution < -0.4 is 0 Å². The van der Waals surface area contributed by atoms with Gasteiger partial charge in [0.1, 0.15) is 0 Å². The van der Waals surface area contributed by atoms with Gasteiger partial charge in [0.15, 0.2) is 5.76 Å². The summed E-state index contributed by atoms with van der Waals surface area (Å²) in [6, 6.07) is 0. The molecule has 1 aromatic heterocycles. The first-order valence-electron chi connectivity index (χ1n) is 4.08. The van der Waals surface area contributed by atoms with Gasteiger partial charge in [-0.05, 0) is 13.0 Å². The molecule has 12 heavy (non-hydrogen) atoms. The van der Waals surface area contributed by atoms with E-state index >= 15 is 0 Å². The van der Waals surface area contributed by atoms with Crippen LogP contribution in [0, 0.1) is 0 Å². The number of hydrogen-bond acceptors (Lipinski definition) is 2. The Bertz CT molecular complexity index is 248. The molecule has 0 amide bonds. The number of rotatable bonds is 2. The van der Waals surface area contributed by atoms with E-state index < -0.39 is 0 Å². The van der Waals surface area contributed by atoms with E-state index in [1.54, 1.807) is 12.3 Å². The van der Waals surface area contributed by atoms with Crippen molar-refractivity contribution >= 4 is 12.2 Å². The highest BCUT2D eigenvalue weighted by Crippen LogP contribution is 2.10. The van der Waals surface area contributed by atoms with Gasteiger partial charge in [0.2, 0.25) is 0 Å². The van der Waals surface area contributed by atoms with Gasteiger partial charge in [0, 0.05) is 5.56 Å². The Morgan fingerprint density at radius 1 is 1.50 bits per heavy atom. The molecule has 0 spiro atoms. The summed E-state index contributed by atoms with van der Waals surface area (Å²) in [4.78, 5) is 0. The molecule has 0 N–H and O–H groups in total. The highest BCUT2D eigenvalue weighted by molar-refractivity contribution is 5.58. The van der Waals surface area contributed by atoms with E-state index in [1.165, 1.54) is 0 Å². The average molecular weight is 165 g/mol. The summed E-state index contributed by atoms with van der Waals surface area (Å²) in [5, 5.41) is 3.61. The second kappa shape index (κ2) is 6.40. The van der Waals surface area contributed by atoms with E-state index in [0.717, 1.165) is 11.3 Å². The lowest BCUT2D eigenvalue weighted by atomic mass is 10.2. The molecular formula is C10H15NO. The zero-order chi connectivity index (χ0) is 9.40. The second-order valence-corrected chi connectivity index (χ2v) is 1.85. The van der Waals surface area contributed by atoms with Crippen LogP contribution in [0.5, 0.6) is 0 Å². The third kappa shape index (κ3) is 2.74. The summed E-state index contributed by atoms with van der Waals surface area (Å²) < 4.78 is 4.89. The normalized spacial score (nSPS) is 9.25. The number of hydrogen-bond donors (Lipinski definition) is 0. The number of aromatic nitrogens is 1. The van der Waals surface area contributed by atoms with Crippen molar-refractivity contribution in [2.75, 3.05) is 0 Å². The zero-order valence-corrected chi connectivity index (χ0v) is 7.87. The molecule has 0 aliphatic heterocycles. The Morgan fingerprint density at radius 3 is 2.67 bits per heavy atom. The molecule has 0 bridgehead atoms. The van der Waals surface area contributed by atoms with Crippen molar-refractivity contribution in [1.82, 2.24) is 5.16 Å². The van der Waals surface area contributed by atoms with Crippen molar-refractivity contribution in [2.24, 2.45) is 0 Å². The van der Waals surface area contributed by atoms with E-state index in [9.17, 15) is 0 Å². The van der Waals surface area contributed by atoms with Gasteiger partial charge < -0.3 is 4.52 Å². The van der Waals surface area contributed by atoms with Crippen molar-refractivity contribution in [2.45, 2.75) is 20.8 Å². The van der Waals surface area contributed by atoms with Crippen LogP contribution in [0.25, 0.3) is 12.2 Å². The fraction of sp³-hybridized carbons (Fsp3) is 0.300.